The molecule has 0 saturated heterocycles. The van der Waals surface area contributed by atoms with Crippen LogP contribution in [0.5, 0.6) is 0 Å². The molecule has 0 fully saturated rings. The molecular weight excluding hydrogens is 292 g/mol. The fourth-order valence-corrected chi connectivity index (χ4v) is 3.05. The minimum atomic E-state index is -0.239. The topological polar surface area (TPSA) is 3.24 Å². The molecule has 1 aromatic carbocycles. The standard InChI is InChI=1S/C12H14BrClFN/c13-10-6-9-2-5-16(4-1-3-15)8-11(9)12(14)7-10/h6-7H,1-5,8H2. The number of hydrogen-bond donors (Lipinski definition) is 0. The second kappa shape index (κ2) is 5.48. The summed E-state index contributed by atoms with van der Waals surface area (Å²) in [6.07, 6.45) is 1.62. The van der Waals surface area contributed by atoms with Crippen LogP contribution >= 0.6 is 27.5 Å². The maximum Gasteiger partial charge on any atom is 0.0906 e. The normalized spacial score (nSPS) is 16.2. The van der Waals surface area contributed by atoms with Crippen LogP contribution in [0.15, 0.2) is 16.6 Å². The van der Waals surface area contributed by atoms with Crippen LogP contribution in [0.1, 0.15) is 17.5 Å². The summed E-state index contributed by atoms with van der Waals surface area (Å²) in [4.78, 5) is 2.27. The van der Waals surface area contributed by atoms with Crippen molar-refractivity contribution in [3.05, 3.63) is 32.8 Å². The van der Waals surface area contributed by atoms with Crippen molar-refractivity contribution in [2.75, 3.05) is 19.8 Å². The highest BCUT2D eigenvalue weighted by atomic mass is 79.9. The number of halogens is 3. The van der Waals surface area contributed by atoms with Crippen molar-refractivity contribution in [1.82, 2.24) is 4.90 Å². The first-order chi connectivity index (χ1) is 7.70. The molecular formula is C12H14BrClFN. The predicted octanol–water partition coefficient (Wildman–Crippen LogP) is 3.82. The molecule has 16 heavy (non-hydrogen) atoms. The van der Waals surface area contributed by atoms with E-state index < -0.39 is 0 Å². The molecule has 2 rings (SSSR count). The zero-order valence-corrected chi connectivity index (χ0v) is 11.3. The Kier molecular flexibility index (Phi) is 4.22. The van der Waals surface area contributed by atoms with E-state index in [-0.39, 0.29) is 6.67 Å². The van der Waals surface area contributed by atoms with E-state index in [9.17, 15) is 4.39 Å². The van der Waals surface area contributed by atoms with Gasteiger partial charge in [0.15, 0.2) is 0 Å². The van der Waals surface area contributed by atoms with Gasteiger partial charge in [0.2, 0.25) is 0 Å². The van der Waals surface area contributed by atoms with Crippen LogP contribution in [0, 0.1) is 0 Å². The van der Waals surface area contributed by atoms with Gasteiger partial charge in [-0.05, 0) is 36.1 Å². The number of benzene rings is 1. The fraction of sp³-hybridized carbons (Fsp3) is 0.500. The number of fused-ring (bicyclic) bond motifs is 1. The number of nitrogens with zero attached hydrogens (tertiary/aromatic N) is 1. The fourth-order valence-electron chi connectivity index (χ4n) is 2.11. The Balaban J connectivity index is 2.14. The third-order valence-electron chi connectivity index (χ3n) is 2.94. The van der Waals surface area contributed by atoms with Crippen molar-refractivity contribution in [1.29, 1.82) is 0 Å². The summed E-state index contributed by atoms with van der Waals surface area (Å²) < 4.78 is 13.2. The lowest BCUT2D eigenvalue weighted by molar-refractivity contribution is 0.241. The largest absolute Gasteiger partial charge is 0.299 e. The van der Waals surface area contributed by atoms with Crippen molar-refractivity contribution < 1.29 is 4.39 Å². The highest BCUT2D eigenvalue weighted by Gasteiger charge is 2.18. The lowest BCUT2D eigenvalue weighted by Gasteiger charge is -2.29. The molecule has 0 amide bonds. The van der Waals surface area contributed by atoms with Crippen molar-refractivity contribution in [3.63, 3.8) is 0 Å². The van der Waals surface area contributed by atoms with Crippen LogP contribution in [-0.2, 0) is 13.0 Å². The molecule has 0 N–H and O–H groups in total. The maximum absolute atomic E-state index is 12.1. The Labute approximate surface area is 109 Å². The van der Waals surface area contributed by atoms with Gasteiger partial charge >= 0.3 is 0 Å². The second-order valence-corrected chi connectivity index (χ2v) is 5.42. The van der Waals surface area contributed by atoms with Gasteiger partial charge in [-0.15, -0.1) is 0 Å². The van der Waals surface area contributed by atoms with Crippen LogP contribution in [-0.4, -0.2) is 24.7 Å². The highest BCUT2D eigenvalue weighted by molar-refractivity contribution is 9.10. The monoisotopic (exact) mass is 305 g/mol. The van der Waals surface area contributed by atoms with Crippen molar-refractivity contribution in [2.45, 2.75) is 19.4 Å². The van der Waals surface area contributed by atoms with E-state index in [4.69, 9.17) is 11.6 Å². The van der Waals surface area contributed by atoms with E-state index in [1.54, 1.807) is 0 Å². The van der Waals surface area contributed by atoms with Gasteiger partial charge in [0.05, 0.1) is 6.67 Å². The summed E-state index contributed by atoms with van der Waals surface area (Å²) >= 11 is 9.67. The molecule has 0 spiro atoms. The molecule has 0 unspecified atom stereocenters. The number of rotatable bonds is 3. The Morgan fingerprint density at radius 1 is 1.44 bits per heavy atom. The Morgan fingerprint density at radius 3 is 3.00 bits per heavy atom. The summed E-state index contributed by atoms with van der Waals surface area (Å²) in [5.74, 6) is 0. The van der Waals surface area contributed by atoms with E-state index in [0.717, 1.165) is 35.6 Å². The van der Waals surface area contributed by atoms with Gasteiger partial charge in [0, 0.05) is 29.1 Å². The summed E-state index contributed by atoms with van der Waals surface area (Å²) in [5.41, 5.74) is 2.52. The Bertz CT molecular complexity index is 384. The van der Waals surface area contributed by atoms with Gasteiger partial charge in [-0.25, -0.2) is 0 Å². The molecule has 0 aromatic heterocycles. The molecule has 0 bridgehead atoms. The van der Waals surface area contributed by atoms with E-state index in [2.05, 4.69) is 26.9 Å². The van der Waals surface area contributed by atoms with Gasteiger partial charge in [-0.3, -0.25) is 9.29 Å². The van der Waals surface area contributed by atoms with Crippen LogP contribution in [0.3, 0.4) is 0 Å². The molecule has 1 heterocycles. The van der Waals surface area contributed by atoms with Crippen molar-refractivity contribution >= 4 is 27.5 Å². The third kappa shape index (κ3) is 2.76. The lowest BCUT2D eigenvalue weighted by Crippen LogP contribution is -2.31. The molecule has 0 atom stereocenters. The minimum Gasteiger partial charge on any atom is -0.299 e. The van der Waals surface area contributed by atoms with Gasteiger partial charge < -0.3 is 0 Å². The molecule has 1 aromatic rings. The molecule has 0 saturated carbocycles. The molecule has 88 valence electrons. The molecule has 4 heteroatoms. The summed E-state index contributed by atoms with van der Waals surface area (Å²) in [7, 11) is 0. The highest BCUT2D eigenvalue weighted by Crippen LogP contribution is 2.30. The zero-order valence-electron chi connectivity index (χ0n) is 8.98. The van der Waals surface area contributed by atoms with E-state index >= 15 is 0 Å². The molecule has 0 radical (unpaired) electrons. The van der Waals surface area contributed by atoms with Gasteiger partial charge in [0.25, 0.3) is 0 Å². The summed E-state index contributed by atoms with van der Waals surface area (Å²) in [6, 6.07) is 4.06. The Morgan fingerprint density at radius 2 is 2.25 bits per heavy atom. The summed E-state index contributed by atoms with van der Waals surface area (Å²) in [6.45, 7) is 2.43. The van der Waals surface area contributed by atoms with E-state index in [1.165, 1.54) is 11.1 Å². The second-order valence-electron chi connectivity index (χ2n) is 4.09. The van der Waals surface area contributed by atoms with Crippen molar-refractivity contribution in [3.8, 4) is 0 Å². The first-order valence-corrected chi connectivity index (χ1v) is 6.63. The predicted molar refractivity (Wildman–Crippen MR) is 68.7 cm³/mol. The molecule has 0 aliphatic carbocycles. The van der Waals surface area contributed by atoms with E-state index in [1.807, 2.05) is 6.07 Å². The summed E-state index contributed by atoms with van der Waals surface area (Å²) in [5, 5.41) is 0.814. The van der Waals surface area contributed by atoms with Crippen LogP contribution in [0.2, 0.25) is 5.02 Å². The van der Waals surface area contributed by atoms with Crippen LogP contribution in [0.4, 0.5) is 4.39 Å². The molecule has 1 nitrogen and oxygen atoms in total. The van der Waals surface area contributed by atoms with Gasteiger partial charge in [0.1, 0.15) is 0 Å². The van der Waals surface area contributed by atoms with Crippen molar-refractivity contribution in [2.24, 2.45) is 0 Å². The third-order valence-corrected chi connectivity index (χ3v) is 3.73. The number of hydrogen-bond acceptors (Lipinski definition) is 1. The quantitative estimate of drug-likeness (QED) is 0.820. The Hall–Kier alpha value is -0.120. The molecule has 1 aliphatic rings. The van der Waals surface area contributed by atoms with Gasteiger partial charge in [-0.2, -0.15) is 0 Å². The van der Waals surface area contributed by atoms with E-state index in [0.29, 0.717) is 6.42 Å². The lowest BCUT2D eigenvalue weighted by atomic mass is 10.00. The smallest absolute Gasteiger partial charge is 0.0906 e. The maximum atomic E-state index is 12.1. The van der Waals surface area contributed by atoms with Crippen LogP contribution in [0.25, 0.3) is 0 Å². The average Bonchev–Trinajstić information content (AvgIpc) is 2.26. The van der Waals surface area contributed by atoms with Crippen LogP contribution < -0.4 is 0 Å². The SMILES string of the molecule is FCCCN1CCc2cc(Br)cc(Cl)c2C1. The zero-order chi connectivity index (χ0) is 11.5. The molecule has 1 aliphatic heterocycles. The first-order valence-electron chi connectivity index (χ1n) is 5.46. The first kappa shape index (κ1) is 12.3. The minimum absolute atomic E-state index is 0.239. The number of alkyl halides is 1. The van der Waals surface area contributed by atoms with Gasteiger partial charge in [-0.1, -0.05) is 27.5 Å². The average molecular weight is 307 g/mol.